The first-order chi connectivity index (χ1) is 8.60. The Kier molecular flexibility index (Phi) is 4.53. The van der Waals surface area contributed by atoms with Gasteiger partial charge in [-0.15, -0.1) is 5.10 Å². The average molecular weight is 374 g/mol. The van der Waals surface area contributed by atoms with Crippen LogP contribution in [0, 0.1) is 0 Å². The summed E-state index contributed by atoms with van der Waals surface area (Å²) in [6, 6.07) is 6.37. The van der Waals surface area contributed by atoms with Crippen molar-refractivity contribution in [2.24, 2.45) is 7.05 Å². The standard InChI is InChI=1S/C12H14Br2N4/c1-15-12(6-9-7-18(2)17-16-9)10-5-8(13)3-4-11(10)14/h3-5,7,12,15H,6H2,1-2H3. The van der Waals surface area contributed by atoms with Crippen molar-refractivity contribution in [2.45, 2.75) is 12.5 Å². The molecule has 0 bridgehead atoms. The van der Waals surface area contributed by atoms with Crippen LogP contribution in [0.1, 0.15) is 17.3 Å². The molecular formula is C12H14Br2N4. The highest BCUT2D eigenvalue weighted by molar-refractivity contribution is 9.11. The molecular weight excluding hydrogens is 360 g/mol. The minimum Gasteiger partial charge on any atom is -0.313 e. The second-order valence-corrected chi connectivity index (χ2v) is 5.86. The average Bonchev–Trinajstić information content (AvgIpc) is 2.75. The maximum atomic E-state index is 4.13. The summed E-state index contributed by atoms with van der Waals surface area (Å²) in [5.41, 5.74) is 2.18. The van der Waals surface area contributed by atoms with Gasteiger partial charge in [0.1, 0.15) is 0 Å². The van der Waals surface area contributed by atoms with Gasteiger partial charge in [0, 0.05) is 34.7 Å². The molecule has 1 atom stereocenters. The number of likely N-dealkylation sites (N-methyl/N-ethyl adjacent to an activating group) is 1. The van der Waals surface area contributed by atoms with E-state index in [0.717, 1.165) is 21.1 Å². The zero-order valence-corrected chi connectivity index (χ0v) is 13.4. The van der Waals surface area contributed by atoms with Crippen LogP contribution in [0.2, 0.25) is 0 Å². The predicted octanol–water partition coefficient (Wildman–Crippen LogP) is 2.84. The molecule has 18 heavy (non-hydrogen) atoms. The van der Waals surface area contributed by atoms with Gasteiger partial charge < -0.3 is 5.32 Å². The lowest BCUT2D eigenvalue weighted by Gasteiger charge is -2.17. The summed E-state index contributed by atoms with van der Waals surface area (Å²) in [6.07, 6.45) is 2.75. The first-order valence-electron chi connectivity index (χ1n) is 5.57. The summed E-state index contributed by atoms with van der Waals surface area (Å²) < 4.78 is 3.88. The maximum Gasteiger partial charge on any atom is 0.0845 e. The van der Waals surface area contributed by atoms with Crippen LogP contribution in [0.15, 0.2) is 33.3 Å². The van der Waals surface area contributed by atoms with Crippen LogP contribution in [-0.4, -0.2) is 22.0 Å². The van der Waals surface area contributed by atoms with E-state index >= 15 is 0 Å². The molecule has 0 radical (unpaired) electrons. The van der Waals surface area contributed by atoms with Gasteiger partial charge in [0.05, 0.1) is 5.69 Å². The minimum absolute atomic E-state index is 0.202. The van der Waals surface area contributed by atoms with Crippen LogP contribution in [0.4, 0.5) is 0 Å². The molecule has 0 aliphatic rings. The van der Waals surface area contributed by atoms with Crippen molar-refractivity contribution in [3.8, 4) is 0 Å². The van der Waals surface area contributed by atoms with Gasteiger partial charge >= 0.3 is 0 Å². The Morgan fingerprint density at radius 2 is 2.17 bits per heavy atom. The fourth-order valence-electron chi connectivity index (χ4n) is 1.85. The van der Waals surface area contributed by atoms with Crippen LogP contribution in [0.5, 0.6) is 0 Å². The normalized spacial score (nSPS) is 12.7. The molecule has 1 aromatic carbocycles. The smallest absolute Gasteiger partial charge is 0.0845 e. The van der Waals surface area contributed by atoms with E-state index in [2.05, 4.69) is 53.6 Å². The summed E-state index contributed by atoms with van der Waals surface area (Å²) in [5.74, 6) is 0. The topological polar surface area (TPSA) is 42.7 Å². The van der Waals surface area contributed by atoms with E-state index in [9.17, 15) is 0 Å². The van der Waals surface area contributed by atoms with Crippen molar-refractivity contribution in [2.75, 3.05) is 7.05 Å². The Morgan fingerprint density at radius 3 is 2.78 bits per heavy atom. The van der Waals surface area contributed by atoms with Gasteiger partial charge in [-0.2, -0.15) is 0 Å². The Bertz CT molecular complexity index is 539. The number of halogens is 2. The third-order valence-corrected chi connectivity index (χ3v) is 3.96. The number of nitrogens with zero attached hydrogens (tertiary/aromatic N) is 3. The van der Waals surface area contributed by atoms with Gasteiger partial charge in [-0.3, -0.25) is 4.68 Å². The SMILES string of the molecule is CNC(Cc1cn(C)nn1)c1cc(Br)ccc1Br. The Balaban J connectivity index is 2.25. The number of rotatable bonds is 4. The third kappa shape index (κ3) is 3.18. The number of hydrogen-bond donors (Lipinski definition) is 1. The number of benzene rings is 1. The highest BCUT2D eigenvalue weighted by Crippen LogP contribution is 2.28. The second kappa shape index (κ2) is 5.95. The highest BCUT2D eigenvalue weighted by Gasteiger charge is 2.15. The van der Waals surface area contributed by atoms with Gasteiger partial charge in [-0.25, -0.2) is 0 Å². The van der Waals surface area contributed by atoms with Crippen molar-refractivity contribution in [1.29, 1.82) is 0 Å². The number of nitrogens with one attached hydrogen (secondary N) is 1. The van der Waals surface area contributed by atoms with Crippen LogP contribution in [0.3, 0.4) is 0 Å². The van der Waals surface area contributed by atoms with Crippen LogP contribution in [-0.2, 0) is 13.5 Å². The molecule has 0 spiro atoms. The van der Waals surface area contributed by atoms with Gasteiger partial charge in [0.15, 0.2) is 0 Å². The lowest BCUT2D eigenvalue weighted by molar-refractivity contribution is 0.581. The van der Waals surface area contributed by atoms with E-state index in [1.54, 1.807) is 4.68 Å². The zero-order chi connectivity index (χ0) is 13.1. The lowest BCUT2D eigenvalue weighted by Crippen LogP contribution is -2.19. The summed E-state index contributed by atoms with van der Waals surface area (Å²) in [7, 11) is 3.83. The number of aromatic nitrogens is 3. The minimum atomic E-state index is 0.202. The van der Waals surface area contributed by atoms with Crippen LogP contribution >= 0.6 is 31.9 Å². The first-order valence-corrected chi connectivity index (χ1v) is 7.16. The van der Waals surface area contributed by atoms with E-state index in [0.29, 0.717) is 0 Å². The van der Waals surface area contributed by atoms with Gasteiger partial charge in [0.25, 0.3) is 0 Å². The molecule has 0 saturated heterocycles. The summed E-state index contributed by atoms with van der Waals surface area (Å²) in [4.78, 5) is 0. The van der Waals surface area contributed by atoms with Crippen molar-refractivity contribution < 1.29 is 0 Å². The molecule has 2 rings (SSSR count). The predicted molar refractivity (Wildman–Crippen MR) is 78.3 cm³/mol. The molecule has 1 N–H and O–H groups in total. The molecule has 0 aliphatic heterocycles. The number of aryl methyl sites for hydroxylation is 1. The Hall–Kier alpha value is -0.720. The van der Waals surface area contributed by atoms with Crippen molar-refractivity contribution in [3.63, 3.8) is 0 Å². The van der Waals surface area contributed by atoms with Crippen LogP contribution < -0.4 is 5.32 Å². The van der Waals surface area contributed by atoms with Crippen molar-refractivity contribution in [1.82, 2.24) is 20.3 Å². The van der Waals surface area contributed by atoms with Crippen molar-refractivity contribution >= 4 is 31.9 Å². The van der Waals surface area contributed by atoms with E-state index in [-0.39, 0.29) is 6.04 Å². The molecule has 4 nitrogen and oxygen atoms in total. The number of hydrogen-bond acceptors (Lipinski definition) is 3. The molecule has 1 unspecified atom stereocenters. The van der Waals surface area contributed by atoms with Gasteiger partial charge in [0.2, 0.25) is 0 Å². The third-order valence-electron chi connectivity index (χ3n) is 2.75. The molecule has 6 heteroatoms. The molecule has 0 amide bonds. The Morgan fingerprint density at radius 1 is 1.39 bits per heavy atom. The Labute approximate surface area is 123 Å². The molecule has 0 saturated carbocycles. The van der Waals surface area contributed by atoms with E-state index in [1.807, 2.05) is 32.4 Å². The monoisotopic (exact) mass is 372 g/mol. The molecule has 1 aromatic heterocycles. The second-order valence-electron chi connectivity index (χ2n) is 4.09. The van der Waals surface area contributed by atoms with E-state index < -0.39 is 0 Å². The zero-order valence-electron chi connectivity index (χ0n) is 10.2. The first kappa shape index (κ1) is 13.7. The molecule has 2 aromatic rings. The van der Waals surface area contributed by atoms with Gasteiger partial charge in [-0.05, 0) is 30.8 Å². The summed E-state index contributed by atoms with van der Waals surface area (Å²) >= 11 is 7.09. The van der Waals surface area contributed by atoms with Gasteiger partial charge in [-0.1, -0.05) is 37.1 Å². The highest BCUT2D eigenvalue weighted by atomic mass is 79.9. The molecule has 0 fully saturated rings. The largest absolute Gasteiger partial charge is 0.313 e. The quantitative estimate of drug-likeness (QED) is 0.895. The van der Waals surface area contributed by atoms with Crippen molar-refractivity contribution in [3.05, 3.63) is 44.6 Å². The molecule has 1 heterocycles. The van der Waals surface area contributed by atoms with E-state index in [4.69, 9.17) is 0 Å². The van der Waals surface area contributed by atoms with E-state index in [1.165, 1.54) is 5.56 Å². The fourth-order valence-corrected chi connectivity index (χ4v) is 2.75. The molecule has 96 valence electrons. The molecule has 0 aliphatic carbocycles. The maximum absolute atomic E-state index is 4.13. The fraction of sp³-hybridized carbons (Fsp3) is 0.333. The summed E-state index contributed by atoms with van der Waals surface area (Å²) in [5, 5.41) is 11.4. The lowest BCUT2D eigenvalue weighted by atomic mass is 10.0. The summed E-state index contributed by atoms with van der Waals surface area (Å²) in [6.45, 7) is 0. The van der Waals surface area contributed by atoms with Crippen LogP contribution in [0.25, 0.3) is 0 Å².